The molecular formula is C15H18N2O2. The van der Waals surface area contributed by atoms with Crippen molar-refractivity contribution in [2.75, 3.05) is 7.05 Å². The summed E-state index contributed by atoms with van der Waals surface area (Å²) in [4.78, 5) is 13.8. The highest BCUT2D eigenvalue weighted by Crippen LogP contribution is 2.31. The zero-order valence-corrected chi connectivity index (χ0v) is 11.1. The fraction of sp³-hybridized carbons (Fsp3) is 0.467. The Morgan fingerprint density at radius 3 is 2.47 bits per heavy atom. The van der Waals surface area contributed by atoms with Crippen LogP contribution in [0.15, 0.2) is 24.3 Å². The van der Waals surface area contributed by atoms with Crippen LogP contribution in [0.4, 0.5) is 0 Å². The molecule has 0 aromatic heterocycles. The summed E-state index contributed by atoms with van der Waals surface area (Å²) in [5, 5.41) is 19.0. The summed E-state index contributed by atoms with van der Waals surface area (Å²) in [5.41, 5.74) is 0.394. The molecule has 1 N–H and O–H groups in total. The zero-order valence-electron chi connectivity index (χ0n) is 11.1. The number of likely N-dealkylation sites (N-methyl/N-ethyl adjacent to an activating group) is 1. The summed E-state index contributed by atoms with van der Waals surface area (Å²) in [7, 11) is 1.71. The number of hydrogen-bond donors (Lipinski definition) is 1. The van der Waals surface area contributed by atoms with E-state index in [9.17, 15) is 9.90 Å². The van der Waals surface area contributed by atoms with Crippen molar-refractivity contribution in [1.82, 2.24) is 4.90 Å². The number of aliphatic hydroxyl groups is 1. The number of carbonyl (C=O) groups is 1. The third-order valence-electron chi connectivity index (χ3n) is 3.68. The first-order chi connectivity index (χ1) is 9.05. The van der Waals surface area contributed by atoms with E-state index in [0.717, 1.165) is 18.4 Å². The number of rotatable bonds is 3. The summed E-state index contributed by atoms with van der Waals surface area (Å²) in [6.45, 7) is 0.451. The molecule has 100 valence electrons. The van der Waals surface area contributed by atoms with Crippen molar-refractivity contribution in [3.63, 3.8) is 0 Å². The van der Waals surface area contributed by atoms with Crippen LogP contribution < -0.4 is 0 Å². The molecule has 1 aliphatic rings. The lowest BCUT2D eigenvalue weighted by molar-refractivity contribution is -0.149. The molecule has 2 rings (SSSR count). The van der Waals surface area contributed by atoms with E-state index in [1.54, 1.807) is 24.1 Å². The minimum atomic E-state index is -1.17. The van der Waals surface area contributed by atoms with Crippen molar-refractivity contribution in [1.29, 1.82) is 5.26 Å². The van der Waals surface area contributed by atoms with Gasteiger partial charge in [-0.3, -0.25) is 4.79 Å². The maximum Gasteiger partial charge on any atom is 0.254 e. The van der Waals surface area contributed by atoms with Crippen molar-refractivity contribution in [2.45, 2.75) is 37.8 Å². The molecule has 4 heteroatoms. The second-order valence-corrected chi connectivity index (χ2v) is 5.21. The second-order valence-electron chi connectivity index (χ2n) is 5.21. The number of nitriles is 1. The van der Waals surface area contributed by atoms with Gasteiger partial charge in [0.25, 0.3) is 5.91 Å². The predicted molar refractivity (Wildman–Crippen MR) is 71.0 cm³/mol. The Morgan fingerprint density at radius 2 is 1.95 bits per heavy atom. The molecule has 0 atom stereocenters. The Hall–Kier alpha value is -1.86. The van der Waals surface area contributed by atoms with Crippen LogP contribution in [-0.4, -0.2) is 28.6 Å². The maximum absolute atomic E-state index is 12.2. The van der Waals surface area contributed by atoms with Crippen molar-refractivity contribution < 1.29 is 9.90 Å². The maximum atomic E-state index is 12.2. The molecule has 1 amide bonds. The minimum absolute atomic E-state index is 0.200. The molecule has 1 aromatic carbocycles. The van der Waals surface area contributed by atoms with E-state index in [-0.39, 0.29) is 5.91 Å². The van der Waals surface area contributed by atoms with Gasteiger partial charge in [-0.2, -0.15) is 5.26 Å². The molecule has 0 unspecified atom stereocenters. The van der Waals surface area contributed by atoms with Crippen molar-refractivity contribution >= 4 is 5.91 Å². The van der Waals surface area contributed by atoms with Gasteiger partial charge in [-0.05, 0) is 43.4 Å². The molecule has 0 saturated heterocycles. The standard InChI is InChI=1S/C15H18N2O2/c1-17(14(18)15(19)8-2-3-9-15)11-13-6-4-12(10-16)5-7-13/h4-7,19H,2-3,8-9,11H2,1H3. The number of carbonyl (C=O) groups excluding carboxylic acids is 1. The molecular weight excluding hydrogens is 240 g/mol. The largest absolute Gasteiger partial charge is 0.380 e. The lowest BCUT2D eigenvalue weighted by atomic mass is 10.0. The van der Waals surface area contributed by atoms with Gasteiger partial charge in [-0.1, -0.05) is 12.1 Å². The van der Waals surface area contributed by atoms with E-state index >= 15 is 0 Å². The van der Waals surface area contributed by atoms with Crippen LogP contribution in [0.3, 0.4) is 0 Å². The van der Waals surface area contributed by atoms with Crippen LogP contribution in [0.2, 0.25) is 0 Å². The SMILES string of the molecule is CN(Cc1ccc(C#N)cc1)C(=O)C1(O)CCCC1. The molecule has 0 spiro atoms. The smallest absolute Gasteiger partial charge is 0.254 e. The van der Waals surface area contributed by atoms with Crippen LogP contribution in [0, 0.1) is 11.3 Å². The summed E-state index contributed by atoms with van der Waals surface area (Å²) in [6.07, 6.45) is 2.94. The second kappa shape index (κ2) is 5.41. The Morgan fingerprint density at radius 1 is 1.37 bits per heavy atom. The molecule has 1 aromatic rings. The molecule has 4 nitrogen and oxygen atoms in total. The lowest BCUT2D eigenvalue weighted by Crippen LogP contribution is -2.45. The van der Waals surface area contributed by atoms with E-state index < -0.39 is 5.60 Å². The van der Waals surface area contributed by atoms with E-state index in [1.807, 2.05) is 12.1 Å². The molecule has 0 bridgehead atoms. The predicted octanol–water partition coefficient (Wildman–Crippen LogP) is 1.82. The fourth-order valence-electron chi connectivity index (χ4n) is 2.56. The van der Waals surface area contributed by atoms with Crippen LogP contribution in [0.5, 0.6) is 0 Å². The summed E-state index contributed by atoms with van der Waals surface area (Å²) < 4.78 is 0. The Kier molecular flexibility index (Phi) is 3.87. The van der Waals surface area contributed by atoms with Gasteiger partial charge in [0.2, 0.25) is 0 Å². The molecule has 0 aliphatic heterocycles. The Bertz CT molecular complexity index is 496. The van der Waals surface area contributed by atoms with Gasteiger partial charge < -0.3 is 10.0 Å². The highest BCUT2D eigenvalue weighted by molar-refractivity contribution is 5.85. The van der Waals surface area contributed by atoms with Gasteiger partial charge >= 0.3 is 0 Å². The molecule has 1 saturated carbocycles. The van der Waals surface area contributed by atoms with Gasteiger partial charge in [0, 0.05) is 13.6 Å². The minimum Gasteiger partial charge on any atom is -0.380 e. The van der Waals surface area contributed by atoms with Crippen LogP contribution >= 0.6 is 0 Å². The molecule has 1 aliphatic carbocycles. The number of nitrogens with zero attached hydrogens (tertiary/aromatic N) is 2. The summed E-state index contributed by atoms with van der Waals surface area (Å²) in [5.74, 6) is -0.200. The number of amides is 1. The topological polar surface area (TPSA) is 64.3 Å². The molecule has 0 heterocycles. The van der Waals surface area contributed by atoms with Gasteiger partial charge in [0.15, 0.2) is 0 Å². The zero-order chi connectivity index (χ0) is 13.9. The third kappa shape index (κ3) is 2.94. The van der Waals surface area contributed by atoms with Crippen LogP contribution in [0.25, 0.3) is 0 Å². The summed E-state index contributed by atoms with van der Waals surface area (Å²) in [6, 6.07) is 9.20. The Labute approximate surface area is 113 Å². The summed E-state index contributed by atoms with van der Waals surface area (Å²) >= 11 is 0. The van der Waals surface area contributed by atoms with E-state index in [4.69, 9.17) is 5.26 Å². The van der Waals surface area contributed by atoms with Crippen molar-refractivity contribution in [3.05, 3.63) is 35.4 Å². The van der Waals surface area contributed by atoms with E-state index in [1.165, 1.54) is 0 Å². The average Bonchev–Trinajstić information content (AvgIpc) is 2.87. The van der Waals surface area contributed by atoms with Crippen LogP contribution in [-0.2, 0) is 11.3 Å². The van der Waals surface area contributed by atoms with Gasteiger partial charge in [-0.25, -0.2) is 0 Å². The van der Waals surface area contributed by atoms with E-state index in [0.29, 0.717) is 24.9 Å². The Balaban J connectivity index is 2.02. The van der Waals surface area contributed by atoms with Gasteiger partial charge in [0.1, 0.15) is 5.60 Å². The number of hydrogen-bond acceptors (Lipinski definition) is 3. The normalized spacial score (nSPS) is 16.9. The van der Waals surface area contributed by atoms with Crippen molar-refractivity contribution in [3.8, 4) is 6.07 Å². The lowest BCUT2D eigenvalue weighted by Gasteiger charge is -2.27. The molecule has 0 radical (unpaired) electrons. The monoisotopic (exact) mass is 258 g/mol. The first-order valence-corrected chi connectivity index (χ1v) is 6.52. The quantitative estimate of drug-likeness (QED) is 0.899. The van der Waals surface area contributed by atoms with Crippen LogP contribution in [0.1, 0.15) is 36.8 Å². The highest BCUT2D eigenvalue weighted by Gasteiger charge is 2.40. The first kappa shape index (κ1) is 13.6. The molecule has 19 heavy (non-hydrogen) atoms. The first-order valence-electron chi connectivity index (χ1n) is 6.52. The van der Waals surface area contributed by atoms with Gasteiger partial charge in [0.05, 0.1) is 11.6 Å². The van der Waals surface area contributed by atoms with Crippen molar-refractivity contribution in [2.24, 2.45) is 0 Å². The average molecular weight is 258 g/mol. The number of benzene rings is 1. The third-order valence-corrected chi connectivity index (χ3v) is 3.68. The fourth-order valence-corrected chi connectivity index (χ4v) is 2.56. The van der Waals surface area contributed by atoms with Gasteiger partial charge in [-0.15, -0.1) is 0 Å². The van der Waals surface area contributed by atoms with E-state index in [2.05, 4.69) is 6.07 Å². The molecule has 1 fully saturated rings. The highest BCUT2D eigenvalue weighted by atomic mass is 16.3.